The van der Waals surface area contributed by atoms with Crippen LogP contribution < -0.4 is 10.5 Å². The molecule has 5 heteroatoms. The van der Waals surface area contributed by atoms with Crippen LogP contribution in [0.15, 0.2) is 18.2 Å². The van der Waals surface area contributed by atoms with Crippen molar-refractivity contribution in [3.05, 3.63) is 29.3 Å². The molecule has 21 heavy (non-hydrogen) atoms. The van der Waals surface area contributed by atoms with Crippen molar-refractivity contribution in [3.63, 3.8) is 0 Å². The molecule has 0 unspecified atom stereocenters. The monoisotopic (exact) mass is 292 g/mol. The average molecular weight is 292 g/mol. The van der Waals surface area contributed by atoms with Gasteiger partial charge in [-0.25, -0.2) is 0 Å². The van der Waals surface area contributed by atoms with Gasteiger partial charge in [0, 0.05) is 13.1 Å². The van der Waals surface area contributed by atoms with E-state index in [0.29, 0.717) is 26.1 Å². The third-order valence-corrected chi connectivity index (χ3v) is 3.95. The van der Waals surface area contributed by atoms with Crippen LogP contribution in [0, 0.1) is 13.8 Å². The first-order valence-corrected chi connectivity index (χ1v) is 7.39. The zero-order chi connectivity index (χ0) is 15.4. The highest BCUT2D eigenvalue weighted by atomic mass is 16.5. The summed E-state index contributed by atoms with van der Waals surface area (Å²) in [5.41, 5.74) is 7.62. The molecular formula is C16H24N2O3. The fraction of sp³-hybridized carbons (Fsp3) is 0.562. The van der Waals surface area contributed by atoms with Crippen LogP contribution in [-0.4, -0.2) is 47.8 Å². The molecule has 3 N–H and O–H groups in total. The smallest absolute Gasteiger partial charge is 0.234 e. The largest absolute Gasteiger partial charge is 0.493 e. The minimum atomic E-state index is -0.456. The number of carbonyl (C=O) groups excluding carboxylic acids is 1. The first-order chi connectivity index (χ1) is 9.99. The maximum atomic E-state index is 11.3. The van der Waals surface area contributed by atoms with Crippen molar-refractivity contribution in [3.8, 4) is 5.75 Å². The normalized spacial score (nSPS) is 22.4. The number of amides is 1. The number of hydrogen-bond acceptors (Lipinski definition) is 4. The Morgan fingerprint density at radius 1 is 1.43 bits per heavy atom. The second-order valence-corrected chi connectivity index (χ2v) is 5.73. The molecule has 5 nitrogen and oxygen atoms in total. The van der Waals surface area contributed by atoms with E-state index in [2.05, 4.69) is 0 Å². The van der Waals surface area contributed by atoms with Crippen LogP contribution in [-0.2, 0) is 4.79 Å². The first-order valence-electron chi connectivity index (χ1n) is 7.39. The van der Waals surface area contributed by atoms with Crippen LogP contribution in [0.2, 0.25) is 0 Å². The second-order valence-electron chi connectivity index (χ2n) is 5.73. The summed E-state index contributed by atoms with van der Waals surface area (Å²) >= 11 is 0. The van der Waals surface area contributed by atoms with Crippen LogP contribution in [0.5, 0.6) is 5.75 Å². The molecule has 0 saturated carbocycles. The number of benzene rings is 1. The molecule has 1 saturated heterocycles. The average Bonchev–Trinajstić information content (AvgIpc) is 2.79. The molecule has 1 heterocycles. The van der Waals surface area contributed by atoms with Gasteiger partial charge < -0.3 is 15.6 Å². The minimum absolute atomic E-state index is 0.347. The van der Waals surface area contributed by atoms with Crippen LogP contribution in [0.3, 0.4) is 0 Å². The molecule has 2 rings (SSSR count). The molecule has 1 amide bonds. The van der Waals surface area contributed by atoms with Gasteiger partial charge in [0.1, 0.15) is 5.75 Å². The zero-order valence-corrected chi connectivity index (χ0v) is 12.7. The van der Waals surface area contributed by atoms with E-state index in [-0.39, 0.29) is 11.9 Å². The Hall–Kier alpha value is -1.59. The number of nitrogens with zero attached hydrogens (tertiary/aromatic N) is 1. The lowest BCUT2D eigenvalue weighted by Gasteiger charge is -2.21. The van der Waals surface area contributed by atoms with Gasteiger partial charge in [0.25, 0.3) is 0 Å². The van der Waals surface area contributed by atoms with Crippen LogP contribution in [0.4, 0.5) is 0 Å². The molecule has 1 aliphatic rings. The molecule has 0 radical (unpaired) electrons. The highest BCUT2D eigenvalue weighted by Gasteiger charge is 2.34. The zero-order valence-electron chi connectivity index (χ0n) is 12.7. The van der Waals surface area contributed by atoms with E-state index in [4.69, 9.17) is 10.5 Å². The van der Waals surface area contributed by atoms with E-state index >= 15 is 0 Å². The Balaban J connectivity index is 1.81. The van der Waals surface area contributed by atoms with Crippen LogP contribution >= 0.6 is 0 Å². The fourth-order valence-corrected chi connectivity index (χ4v) is 2.89. The van der Waals surface area contributed by atoms with E-state index in [9.17, 15) is 9.90 Å². The van der Waals surface area contributed by atoms with Crippen molar-refractivity contribution in [1.82, 2.24) is 4.90 Å². The third-order valence-electron chi connectivity index (χ3n) is 3.95. The van der Waals surface area contributed by atoms with Crippen molar-refractivity contribution in [2.75, 3.05) is 19.7 Å². The van der Waals surface area contributed by atoms with Crippen molar-refractivity contribution < 1.29 is 14.6 Å². The van der Waals surface area contributed by atoms with E-state index in [0.717, 1.165) is 23.3 Å². The molecule has 1 fully saturated rings. The van der Waals surface area contributed by atoms with Gasteiger partial charge in [0.2, 0.25) is 5.91 Å². The number of β-amino-alcohol motifs (C(OH)–C–C–N with tert-alkyl or cyclic N) is 1. The minimum Gasteiger partial charge on any atom is -0.493 e. The lowest BCUT2D eigenvalue weighted by molar-refractivity contribution is -0.122. The quantitative estimate of drug-likeness (QED) is 0.767. The summed E-state index contributed by atoms with van der Waals surface area (Å²) in [6, 6.07) is 5.73. The third kappa shape index (κ3) is 3.95. The van der Waals surface area contributed by atoms with Gasteiger partial charge in [-0.2, -0.15) is 0 Å². The first kappa shape index (κ1) is 15.8. The Kier molecular flexibility index (Phi) is 5.20. The van der Waals surface area contributed by atoms with Gasteiger partial charge in [-0.1, -0.05) is 18.2 Å². The van der Waals surface area contributed by atoms with Crippen LogP contribution in [0.1, 0.15) is 24.0 Å². The SMILES string of the molecule is Cc1cccc(C)c1OCCCN1C[C@@H](O)C[C@H]1C(N)=O. The number of ether oxygens (including phenoxy) is 1. The van der Waals surface area contributed by atoms with Gasteiger partial charge in [0.05, 0.1) is 18.8 Å². The molecule has 1 aromatic carbocycles. The number of rotatable bonds is 6. The number of carbonyl (C=O) groups is 1. The highest BCUT2D eigenvalue weighted by Crippen LogP contribution is 2.23. The summed E-state index contributed by atoms with van der Waals surface area (Å²) in [6.07, 6.45) is 0.777. The molecular weight excluding hydrogens is 268 g/mol. The predicted octanol–water partition coefficient (Wildman–Crippen LogP) is 0.993. The van der Waals surface area contributed by atoms with E-state index in [1.165, 1.54) is 0 Å². The van der Waals surface area contributed by atoms with Gasteiger partial charge in [-0.15, -0.1) is 0 Å². The highest BCUT2D eigenvalue weighted by molar-refractivity contribution is 5.80. The topological polar surface area (TPSA) is 75.8 Å². The molecule has 1 aliphatic heterocycles. The number of para-hydroxylation sites is 1. The maximum absolute atomic E-state index is 11.3. The Bertz CT molecular complexity index is 484. The molecule has 0 spiro atoms. The molecule has 2 atom stereocenters. The Morgan fingerprint density at radius 3 is 2.71 bits per heavy atom. The number of likely N-dealkylation sites (tertiary alicyclic amines) is 1. The van der Waals surface area contributed by atoms with Crippen molar-refractivity contribution in [2.45, 2.75) is 38.8 Å². The van der Waals surface area contributed by atoms with Crippen molar-refractivity contribution in [2.24, 2.45) is 5.73 Å². The number of aliphatic hydroxyl groups is 1. The molecule has 0 bridgehead atoms. The number of primary amides is 1. The number of hydrogen-bond donors (Lipinski definition) is 2. The van der Waals surface area contributed by atoms with E-state index < -0.39 is 6.10 Å². The van der Waals surface area contributed by atoms with Crippen molar-refractivity contribution >= 4 is 5.91 Å². The summed E-state index contributed by atoms with van der Waals surface area (Å²) in [7, 11) is 0. The van der Waals surface area contributed by atoms with Gasteiger partial charge in [0.15, 0.2) is 0 Å². The van der Waals surface area contributed by atoms with Crippen LogP contribution in [0.25, 0.3) is 0 Å². The Morgan fingerprint density at radius 2 is 2.10 bits per heavy atom. The van der Waals surface area contributed by atoms with Gasteiger partial charge in [-0.05, 0) is 37.8 Å². The van der Waals surface area contributed by atoms with E-state index in [1.54, 1.807) is 0 Å². The van der Waals surface area contributed by atoms with E-state index in [1.807, 2.05) is 36.9 Å². The van der Waals surface area contributed by atoms with Gasteiger partial charge in [-0.3, -0.25) is 9.69 Å². The predicted molar refractivity (Wildman–Crippen MR) is 81.2 cm³/mol. The van der Waals surface area contributed by atoms with Gasteiger partial charge >= 0.3 is 0 Å². The molecule has 116 valence electrons. The summed E-state index contributed by atoms with van der Waals surface area (Å²) in [4.78, 5) is 13.3. The fourth-order valence-electron chi connectivity index (χ4n) is 2.89. The maximum Gasteiger partial charge on any atom is 0.234 e. The number of nitrogens with two attached hydrogens (primary N) is 1. The lowest BCUT2D eigenvalue weighted by Crippen LogP contribution is -2.41. The number of aryl methyl sites for hydroxylation is 2. The molecule has 1 aromatic rings. The molecule has 0 aliphatic carbocycles. The Labute approximate surface area is 125 Å². The summed E-state index contributed by atoms with van der Waals surface area (Å²) in [5.74, 6) is 0.577. The standard InChI is InChI=1S/C16H24N2O3/c1-11-5-3-6-12(2)15(11)21-8-4-7-18-10-13(19)9-14(18)16(17)20/h3,5-6,13-14,19H,4,7-10H2,1-2H3,(H2,17,20)/t13-,14-/m0/s1. The lowest BCUT2D eigenvalue weighted by atomic mass is 10.1. The number of aliphatic hydroxyl groups excluding tert-OH is 1. The second kappa shape index (κ2) is 6.91. The van der Waals surface area contributed by atoms with Crippen molar-refractivity contribution in [1.29, 1.82) is 0 Å². The summed E-state index contributed by atoms with van der Waals surface area (Å²) < 4.78 is 5.84. The summed E-state index contributed by atoms with van der Waals surface area (Å²) in [5, 5.41) is 9.65. The molecule has 0 aromatic heterocycles. The summed E-state index contributed by atoms with van der Waals surface area (Å²) in [6.45, 7) is 5.86.